The van der Waals surface area contributed by atoms with Crippen LogP contribution in [0.25, 0.3) is 10.9 Å². The molecule has 1 atom stereocenters. The van der Waals surface area contributed by atoms with Gasteiger partial charge in [0.25, 0.3) is 0 Å². The topological polar surface area (TPSA) is 75.1 Å². The molecule has 0 saturated carbocycles. The highest BCUT2D eigenvalue weighted by molar-refractivity contribution is 7.73. The van der Waals surface area contributed by atoms with Crippen molar-refractivity contribution in [3.8, 4) is 5.75 Å². The molecule has 0 amide bonds. The number of methoxy groups -OCH3 is 1. The molecule has 3 aromatic rings. The molecule has 0 aliphatic rings. The first-order chi connectivity index (χ1) is 10.7. The highest BCUT2D eigenvalue weighted by Gasteiger charge is 2.06. The Labute approximate surface area is 130 Å². The fraction of sp³-hybridized carbons (Fsp3) is 0.0625. The predicted octanol–water partition coefficient (Wildman–Crippen LogP) is 3.59. The molecule has 5 nitrogen and oxygen atoms in total. The van der Waals surface area contributed by atoms with E-state index in [2.05, 4.69) is 10.3 Å². The Morgan fingerprint density at radius 1 is 1.14 bits per heavy atom. The maximum atomic E-state index is 11.1. The molecule has 3 rings (SSSR count). The molecule has 0 spiro atoms. The summed E-state index contributed by atoms with van der Waals surface area (Å²) in [5, 5.41) is 4.27. The van der Waals surface area contributed by atoms with Crippen LogP contribution in [-0.4, -0.2) is 16.3 Å². The molecule has 0 saturated heterocycles. The van der Waals surface area contributed by atoms with Gasteiger partial charge in [0.05, 0.1) is 17.7 Å². The average Bonchev–Trinajstić information content (AvgIpc) is 2.55. The molecule has 0 aliphatic heterocycles. The Morgan fingerprint density at radius 3 is 2.59 bits per heavy atom. The van der Waals surface area contributed by atoms with Gasteiger partial charge in [-0.25, -0.2) is 4.21 Å². The van der Waals surface area contributed by atoms with Crippen molar-refractivity contribution >= 4 is 32.9 Å². The summed E-state index contributed by atoms with van der Waals surface area (Å²) in [5.41, 5.74) is 2.56. The molecule has 2 aromatic carbocycles. The van der Waals surface area contributed by atoms with Gasteiger partial charge in [0.15, 0.2) is 0 Å². The number of para-hydroxylation sites is 1. The van der Waals surface area contributed by atoms with Crippen LogP contribution < -0.4 is 10.1 Å². The molecule has 0 bridgehead atoms. The van der Waals surface area contributed by atoms with E-state index >= 15 is 0 Å². The molecule has 1 aromatic heterocycles. The first kappa shape index (κ1) is 14.3. The number of aromatic nitrogens is 1. The lowest BCUT2D eigenvalue weighted by Gasteiger charge is -2.11. The summed E-state index contributed by atoms with van der Waals surface area (Å²) in [6.07, 6.45) is 1.72. The van der Waals surface area contributed by atoms with Crippen LogP contribution in [0.2, 0.25) is 0 Å². The molecule has 0 aliphatic carbocycles. The fourth-order valence-electron chi connectivity index (χ4n) is 2.26. The zero-order valence-electron chi connectivity index (χ0n) is 11.9. The number of thiol groups is 1. The van der Waals surface area contributed by atoms with Crippen molar-refractivity contribution in [1.82, 2.24) is 4.98 Å². The van der Waals surface area contributed by atoms with Crippen LogP contribution in [0.4, 0.5) is 11.4 Å². The largest absolute Gasteiger partial charge is 0.494 e. The smallest absolute Gasteiger partial charge is 0.145 e. The third kappa shape index (κ3) is 2.73. The monoisotopic (exact) mass is 313 g/mol. The third-order valence-electron chi connectivity index (χ3n) is 3.33. The summed E-state index contributed by atoms with van der Waals surface area (Å²) < 4.78 is 23.7. The molecule has 0 radical (unpaired) electrons. The van der Waals surface area contributed by atoms with Crippen molar-refractivity contribution in [2.45, 2.75) is 4.90 Å². The van der Waals surface area contributed by atoms with Crippen LogP contribution in [0, 0.1) is 4.78 Å². The molecule has 6 heteroatoms. The predicted molar refractivity (Wildman–Crippen MR) is 88.5 cm³/mol. The summed E-state index contributed by atoms with van der Waals surface area (Å²) >= 11 is 0. The quantitative estimate of drug-likeness (QED) is 0.643. The molecule has 1 heterocycles. The lowest BCUT2D eigenvalue weighted by Crippen LogP contribution is -1.94. The second kappa shape index (κ2) is 6.03. The lowest BCUT2D eigenvalue weighted by atomic mass is 10.1. The Kier molecular flexibility index (Phi) is 3.93. The second-order valence-corrected chi connectivity index (χ2v) is 5.79. The Bertz CT molecular complexity index is 882. The van der Waals surface area contributed by atoms with Gasteiger partial charge in [-0.3, -0.25) is 9.76 Å². The van der Waals surface area contributed by atoms with Crippen molar-refractivity contribution in [3.05, 3.63) is 54.7 Å². The number of nitrogens with zero attached hydrogens (tertiary/aromatic N) is 1. The molecular formula is C16H15N3O2S. The van der Waals surface area contributed by atoms with Crippen molar-refractivity contribution in [1.29, 1.82) is 4.78 Å². The summed E-state index contributed by atoms with van der Waals surface area (Å²) in [4.78, 5) is 4.88. The van der Waals surface area contributed by atoms with Crippen LogP contribution in [0.15, 0.2) is 59.6 Å². The van der Waals surface area contributed by atoms with E-state index in [-0.39, 0.29) is 0 Å². The van der Waals surface area contributed by atoms with Crippen LogP contribution in [0.5, 0.6) is 5.75 Å². The zero-order chi connectivity index (χ0) is 15.5. The van der Waals surface area contributed by atoms with Crippen molar-refractivity contribution in [2.24, 2.45) is 0 Å². The van der Waals surface area contributed by atoms with Crippen LogP contribution in [0.1, 0.15) is 0 Å². The van der Waals surface area contributed by atoms with Crippen molar-refractivity contribution in [2.75, 3.05) is 12.4 Å². The Hall–Kier alpha value is -2.60. The molecular weight excluding hydrogens is 298 g/mol. The van der Waals surface area contributed by atoms with Crippen molar-refractivity contribution < 1.29 is 8.95 Å². The second-order valence-electron chi connectivity index (χ2n) is 4.68. The Morgan fingerprint density at radius 2 is 1.91 bits per heavy atom. The number of fused-ring (bicyclic) bond motifs is 1. The van der Waals surface area contributed by atoms with Crippen molar-refractivity contribution in [3.63, 3.8) is 0 Å². The number of hydrogen-bond acceptors (Lipinski definition) is 5. The minimum absolute atomic E-state index is 0.516. The van der Waals surface area contributed by atoms with Gasteiger partial charge in [-0.15, -0.1) is 0 Å². The van der Waals surface area contributed by atoms with E-state index in [1.54, 1.807) is 25.4 Å². The van der Waals surface area contributed by atoms with E-state index in [4.69, 9.17) is 9.52 Å². The number of hydrogen-bond donors (Lipinski definition) is 3. The van der Waals surface area contributed by atoms with Crippen LogP contribution in [-0.2, 0) is 10.6 Å². The summed E-state index contributed by atoms with van der Waals surface area (Å²) in [7, 11) is -0.434. The molecule has 22 heavy (non-hydrogen) atoms. The van der Waals surface area contributed by atoms with Gasteiger partial charge in [0.2, 0.25) is 0 Å². The molecule has 2 N–H and O–H groups in total. The summed E-state index contributed by atoms with van der Waals surface area (Å²) in [6, 6.07) is 14.7. The van der Waals surface area contributed by atoms with E-state index < -0.39 is 10.6 Å². The number of ether oxygens (including phenoxy) is 1. The van der Waals surface area contributed by atoms with Crippen LogP contribution >= 0.6 is 0 Å². The SMILES string of the molecule is COc1cccc2c(Nc3ccc([SH](=N)=O)cc3)ccnc12. The number of rotatable bonds is 4. The highest BCUT2D eigenvalue weighted by Crippen LogP contribution is 2.30. The molecule has 1 unspecified atom stereocenters. The fourth-order valence-corrected chi connectivity index (χ4v) is 2.68. The van der Waals surface area contributed by atoms with Gasteiger partial charge in [-0.2, -0.15) is 0 Å². The van der Waals surface area contributed by atoms with E-state index in [0.29, 0.717) is 4.90 Å². The van der Waals surface area contributed by atoms with Gasteiger partial charge in [0, 0.05) is 27.9 Å². The van der Waals surface area contributed by atoms with E-state index in [9.17, 15) is 4.21 Å². The van der Waals surface area contributed by atoms with Gasteiger partial charge in [0.1, 0.15) is 11.3 Å². The van der Waals surface area contributed by atoms with Crippen LogP contribution in [0.3, 0.4) is 0 Å². The van der Waals surface area contributed by atoms with Gasteiger partial charge >= 0.3 is 0 Å². The minimum atomic E-state index is -2.06. The number of anilines is 2. The lowest BCUT2D eigenvalue weighted by molar-refractivity contribution is 0.419. The van der Waals surface area contributed by atoms with Gasteiger partial charge in [-0.1, -0.05) is 12.1 Å². The maximum absolute atomic E-state index is 11.1. The average molecular weight is 313 g/mol. The zero-order valence-corrected chi connectivity index (χ0v) is 12.8. The number of pyridine rings is 1. The van der Waals surface area contributed by atoms with Gasteiger partial charge in [-0.05, 0) is 36.4 Å². The van der Waals surface area contributed by atoms with E-state index in [0.717, 1.165) is 28.0 Å². The number of benzene rings is 2. The highest BCUT2D eigenvalue weighted by atomic mass is 32.2. The summed E-state index contributed by atoms with van der Waals surface area (Å²) in [5.74, 6) is 0.725. The maximum Gasteiger partial charge on any atom is 0.145 e. The number of nitrogens with one attached hydrogen (secondary N) is 2. The molecule has 112 valence electrons. The first-order valence-corrected chi connectivity index (χ1v) is 7.92. The van der Waals surface area contributed by atoms with E-state index in [1.165, 1.54) is 0 Å². The first-order valence-electron chi connectivity index (χ1n) is 6.66. The van der Waals surface area contributed by atoms with E-state index in [1.807, 2.05) is 36.4 Å². The summed E-state index contributed by atoms with van der Waals surface area (Å²) in [6.45, 7) is 0. The molecule has 0 fully saturated rings. The minimum Gasteiger partial charge on any atom is -0.494 e. The standard InChI is InChI=1S/C16H15N3O2S/c1-21-15-4-2-3-13-14(9-10-18-16(13)15)19-11-5-7-12(8-6-11)22(17)20/h2-10,17,22H,1H3,(H,18,19). The third-order valence-corrected chi connectivity index (χ3v) is 4.10. The van der Waals surface area contributed by atoms with Gasteiger partial charge < -0.3 is 10.1 Å². The normalized spacial score (nSPS) is 12.0. The Balaban J connectivity index is 2.00.